The number of rotatable bonds is 6. The Labute approximate surface area is 130 Å². The molecule has 0 spiro atoms. The summed E-state index contributed by atoms with van der Waals surface area (Å²) in [7, 11) is 0. The predicted molar refractivity (Wildman–Crippen MR) is 88.4 cm³/mol. The molecule has 0 aromatic heterocycles. The summed E-state index contributed by atoms with van der Waals surface area (Å²) < 4.78 is 5.36. The summed E-state index contributed by atoms with van der Waals surface area (Å²) in [6.07, 6.45) is 3.30. The third kappa shape index (κ3) is 4.31. The van der Waals surface area contributed by atoms with Gasteiger partial charge in [-0.1, -0.05) is 36.9 Å². The van der Waals surface area contributed by atoms with Crippen LogP contribution in [0.2, 0.25) is 0 Å². The Kier molecular flexibility index (Phi) is 5.49. The first kappa shape index (κ1) is 15.5. The fraction of sp³-hybridized carbons (Fsp3) is 0.111. The molecule has 1 amide bonds. The molecule has 4 nitrogen and oxygen atoms in total. The molecule has 0 fully saturated rings. The van der Waals surface area contributed by atoms with Crippen LogP contribution in [-0.2, 0) is 0 Å². The number of nitrogens with zero attached hydrogens (tertiary/aromatic N) is 1. The molecule has 4 heteroatoms. The van der Waals surface area contributed by atoms with Gasteiger partial charge >= 0.3 is 0 Å². The molecule has 1 N–H and O–H groups in total. The predicted octanol–water partition coefficient (Wildman–Crippen LogP) is 3.32. The summed E-state index contributed by atoms with van der Waals surface area (Å²) >= 11 is 0. The highest BCUT2D eigenvalue weighted by Gasteiger charge is 2.04. The zero-order valence-electron chi connectivity index (χ0n) is 12.5. The summed E-state index contributed by atoms with van der Waals surface area (Å²) in [6.45, 7) is 6.01. The molecule has 0 aliphatic carbocycles. The number of hydrazone groups is 1. The second-order valence-electron chi connectivity index (χ2n) is 4.68. The van der Waals surface area contributed by atoms with Crippen LogP contribution in [0.5, 0.6) is 5.75 Å². The molecule has 112 valence electrons. The van der Waals surface area contributed by atoms with Crippen molar-refractivity contribution in [3.05, 3.63) is 77.9 Å². The van der Waals surface area contributed by atoms with E-state index in [4.69, 9.17) is 4.74 Å². The minimum atomic E-state index is -0.264. The van der Waals surface area contributed by atoms with Crippen molar-refractivity contribution in [3.63, 3.8) is 0 Å². The Morgan fingerprint density at radius 1 is 1.23 bits per heavy atom. The molecule has 0 radical (unpaired) electrons. The lowest BCUT2D eigenvalue weighted by Gasteiger charge is -2.04. The molecule has 2 aromatic carbocycles. The van der Waals surface area contributed by atoms with E-state index in [-0.39, 0.29) is 5.91 Å². The molecule has 22 heavy (non-hydrogen) atoms. The molecular weight excluding hydrogens is 276 g/mol. The monoisotopic (exact) mass is 294 g/mol. The van der Waals surface area contributed by atoms with E-state index in [9.17, 15) is 4.79 Å². The maximum Gasteiger partial charge on any atom is 0.271 e. The molecule has 0 aliphatic heterocycles. The zero-order chi connectivity index (χ0) is 15.8. The van der Waals surface area contributed by atoms with Crippen LogP contribution in [0.4, 0.5) is 0 Å². The Morgan fingerprint density at radius 2 is 1.95 bits per heavy atom. The quantitative estimate of drug-likeness (QED) is 0.505. The van der Waals surface area contributed by atoms with E-state index in [2.05, 4.69) is 17.1 Å². The van der Waals surface area contributed by atoms with Crippen LogP contribution < -0.4 is 10.2 Å². The second kappa shape index (κ2) is 7.78. The summed E-state index contributed by atoms with van der Waals surface area (Å²) in [5, 5.41) is 3.98. The number of hydrogen-bond acceptors (Lipinski definition) is 3. The number of carbonyl (C=O) groups excluding carboxylic acids is 1. The number of ether oxygens (including phenoxy) is 1. The highest BCUT2D eigenvalue weighted by Crippen LogP contribution is 2.12. The minimum Gasteiger partial charge on any atom is -0.490 e. The summed E-state index contributed by atoms with van der Waals surface area (Å²) in [6, 6.07) is 14.7. The van der Waals surface area contributed by atoms with Crippen molar-refractivity contribution in [1.29, 1.82) is 0 Å². The molecular formula is C18H18N2O2. The zero-order valence-corrected chi connectivity index (χ0v) is 12.5. The van der Waals surface area contributed by atoms with Crippen molar-refractivity contribution in [2.45, 2.75) is 6.92 Å². The largest absolute Gasteiger partial charge is 0.490 e. The SMILES string of the molecule is C=CCOc1ccc(C(=O)N/N=C/c2ccccc2C)cc1. The number of amides is 1. The molecule has 0 heterocycles. The normalized spacial score (nSPS) is 10.4. The van der Waals surface area contributed by atoms with Crippen LogP contribution in [0.1, 0.15) is 21.5 Å². The smallest absolute Gasteiger partial charge is 0.271 e. The standard InChI is InChI=1S/C18H18N2O2/c1-3-12-22-17-10-8-15(9-11-17)18(21)20-19-13-16-7-5-4-6-14(16)2/h3-11,13H,1,12H2,2H3,(H,20,21)/b19-13+. The number of carbonyl (C=O) groups is 1. The Bertz CT molecular complexity index is 676. The Morgan fingerprint density at radius 3 is 2.64 bits per heavy atom. The van der Waals surface area contributed by atoms with E-state index in [0.29, 0.717) is 17.9 Å². The van der Waals surface area contributed by atoms with Gasteiger partial charge in [0.1, 0.15) is 12.4 Å². The summed E-state index contributed by atoms with van der Waals surface area (Å²) in [5.41, 5.74) is 5.10. The van der Waals surface area contributed by atoms with Gasteiger partial charge in [-0.3, -0.25) is 4.79 Å². The highest BCUT2D eigenvalue weighted by molar-refractivity contribution is 5.95. The molecule has 0 saturated carbocycles. The van der Waals surface area contributed by atoms with Gasteiger partial charge in [-0.15, -0.1) is 0 Å². The fourth-order valence-electron chi connectivity index (χ4n) is 1.81. The van der Waals surface area contributed by atoms with Gasteiger partial charge in [-0.05, 0) is 42.3 Å². The Balaban J connectivity index is 1.94. The molecule has 0 bridgehead atoms. The van der Waals surface area contributed by atoms with E-state index < -0.39 is 0 Å². The van der Waals surface area contributed by atoms with Gasteiger partial charge in [-0.25, -0.2) is 5.43 Å². The van der Waals surface area contributed by atoms with Gasteiger partial charge in [0.05, 0.1) is 6.21 Å². The van der Waals surface area contributed by atoms with Gasteiger partial charge in [0.25, 0.3) is 5.91 Å². The van der Waals surface area contributed by atoms with Crippen LogP contribution in [-0.4, -0.2) is 18.7 Å². The molecule has 2 rings (SSSR count). The number of benzene rings is 2. The van der Waals surface area contributed by atoms with Crippen molar-refractivity contribution >= 4 is 12.1 Å². The van der Waals surface area contributed by atoms with E-state index >= 15 is 0 Å². The van der Waals surface area contributed by atoms with Crippen LogP contribution >= 0.6 is 0 Å². The van der Waals surface area contributed by atoms with E-state index in [0.717, 1.165) is 11.1 Å². The molecule has 2 aromatic rings. The molecule has 0 unspecified atom stereocenters. The van der Waals surface area contributed by atoms with Crippen molar-refractivity contribution in [1.82, 2.24) is 5.43 Å². The topological polar surface area (TPSA) is 50.7 Å². The van der Waals surface area contributed by atoms with E-state index in [1.807, 2.05) is 31.2 Å². The van der Waals surface area contributed by atoms with Gasteiger partial charge in [0.15, 0.2) is 0 Å². The molecule has 0 saturated heterocycles. The van der Waals surface area contributed by atoms with Gasteiger partial charge in [-0.2, -0.15) is 5.10 Å². The first-order valence-corrected chi connectivity index (χ1v) is 6.93. The molecule has 0 aliphatic rings. The average Bonchev–Trinajstić information content (AvgIpc) is 2.55. The number of nitrogens with one attached hydrogen (secondary N) is 1. The van der Waals surface area contributed by atoms with Crippen LogP contribution in [0, 0.1) is 6.92 Å². The highest BCUT2D eigenvalue weighted by atomic mass is 16.5. The third-order valence-electron chi connectivity index (χ3n) is 3.04. The fourth-order valence-corrected chi connectivity index (χ4v) is 1.81. The lowest BCUT2D eigenvalue weighted by atomic mass is 10.1. The van der Waals surface area contributed by atoms with E-state index in [1.165, 1.54) is 0 Å². The second-order valence-corrected chi connectivity index (χ2v) is 4.68. The summed E-state index contributed by atoms with van der Waals surface area (Å²) in [4.78, 5) is 12.0. The van der Waals surface area contributed by atoms with E-state index in [1.54, 1.807) is 36.6 Å². The first-order chi connectivity index (χ1) is 10.7. The maximum absolute atomic E-state index is 12.0. The molecule has 0 atom stereocenters. The number of hydrogen-bond donors (Lipinski definition) is 1. The third-order valence-corrected chi connectivity index (χ3v) is 3.04. The summed E-state index contributed by atoms with van der Waals surface area (Å²) in [5.74, 6) is 0.431. The van der Waals surface area contributed by atoms with Crippen molar-refractivity contribution in [2.24, 2.45) is 5.10 Å². The van der Waals surface area contributed by atoms with Crippen molar-refractivity contribution in [3.8, 4) is 5.75 Å². The van der Waals surface area contributed by atoms with Gasteiger partial charge in [0.2, 0.25) is 0 Å². The van der Waals surface area contributed by atoms with Crippen LogP contribution in [0.25, 0.3) is 0 Å². The lowest BCUT2D eigenvalue weighted by Crippen LogP contribution is -2.17. The number of aryl methyl sites for hydroxylation is 1. The van der Waals surface area contributed by atoms with Crippen LogP contribution in [0.15, 0.2) is 66.3 Å². The first-order valence-electron chi connectivity index (χ1n) is 6.93. The lowest BCUT2D eigenvalue weighted by molar-refractivity contribution is 0.0955. The van der Waals surface area contributed by atoms with Crippen molar-refractivity contribution in [2.75, 3.05) is 6.61 Å². The maximum atomic E-state index is 12.0. The van der Waals surface area contributed by atoms with Crippen LogP contribution in [0.3, 0.4) is 0 Å². The Hall–Kier alpha value is -2.88. The van der Waals surface area contributed by atoms with Gasteiger partial charge < -0.3 is 4.74 Å². The van der Waals surface area contributed by atoms with Gasteiger partial charge in [0, 0.05) is 5.56 Å². The minimum absolute atomic E-state index is 0.264. The van der Waals surface area contributed by atoms with Crippen molar-refractivity contribution < 1.29 is 9.53 Å². The average molecular weight is 294 g/mol.